The van der Waals surface area contributed by atoms with Gasteiger partial charge in [-0.05, 0) is 18.6 Å². The molecule has 0 aliphatic heterocycles. The van der Waals surface area contributed by atoms with E-state index in [-0.39, 0.29) is 5.78 Å². The molecular formula is C12H13N3O2. The largest absolute Gasteiger partial charge is 0.493 e. The second-order valence-corrected chi connectivity index (χ2v) is 3.70. The maximum Gasteiger partial charge on any atom is 0.216 e. The van der Waals surface area contributed by atoms with Gasteiger partial charge in [0.25, 0.3) is 0 Å². The van der Waals surface area contributed by atoms with Gasteiger partial charge in [-0.2, -0.15) is 5.10 Å². The van der Waals surface area contributed by atoms with Gasteiger partial charge in [0.1, 0.15) is 0 Å². The number of rotatable bonds is 3. The summed E-state index contributed by atoms with van der Waals surface area (Å²) in [4.78, 5) is 16.3. The fourth-order valence-corrected chi connectivity index (χ4v) is 1.65. The maximum absolute atomic E-state index is 12.3. The monoisotopic (exact) mass is 231 g/mol. The van der Waals surface area contributed by atoms with Crippen molar-refractivity contribution < 1.29 is 9.53 Å². The Bertz CT molecular complexity index is 561. The molecule has 0 saturated carbocycles. The van der Waals surface area contributed by atoms with E-state index in [1.54, 1.807) is 25.5 Å². The summed E-state index contributed by atoms with van der Waals surface area (Å²) >= 11 is 0. The van der Waals surface area contributed by atoms with Crippen molar-refractivity contribution in [3.63, 3.8) is 0 Å². The van der Waals surface area contributed by atoms with E-state index in [1.807, 2.05) is 6.92 Å². The molecule has 0 atom stereocenters. The Balaban J connectivity index is 2.51. The average Bonchev–Trinajstić information content (AvgIpc) is 2.70. The third kappa shape index (κ3) is 1.91. The number of pyridine rings is 1. The molecule has 0 saturated heterocycles. The summed E-state index contributed by atoms with van der Waals surface area (Å²) in [6.45, 7) is 1.87. The average molecular weight is 231 g/mol. The minimum Gasteiger partial charge on any atom is -0.493 e. The van der Waals surface area contributed by atoms with Crippen LogP contribution in [0.5, 0.6) is 5.75 Å². The van der Waals surface area contributed by atoms with Crippen LogP contribution in [0.25, 0.3) is 0 Å². The summed E-state index contributed by atoms with van der Waals surface area (Å²) in [6.07, 6.45) is 4.75. The molecule has 2 aromatic heterocycles. The Morgan fingerprint density at radius 3 is 2.82 bits per heavy atom. The molecule has 88 valence electrons. The minimum atomic E-state index is -0.132. The molecule has 5 heteroatoms. The Morgan fingerprint density at radius 2 is 2.18 bits per heavy atom. The van der Waals surface area contributed by atoms with Gasteiger partial charge in [-0.1, -0.05) is 0 Å². The fourth-order valence-electron chi connectivity index (χ4n) is 1.65. The van der Waals surface area contributed by atoms with Gasteiger partial charge in [-0.15, -0.1) is 0 Å². The van der Waals surface area contributed by atoms with E-state index < -0.39 is 0 Å². The molecule has 0 unspecified atom stereocenters. The van der Waals surface area contributed by atoms with E-state index >= 15 is 0 Å². The molecule has 0 amide bonds. The van der Waals surface area contributed by atoms with Gasteiger partial charge in [-0.3, -0.25) is 14.5 Å². The second kappa shape index (κ2) is 4.37. The van der Waals surface area contributed by atoms with E-state index in [4.69, 9.17) is 4.74 Å². The number of aryl methyl sites for hydroxylation is 2. The predicted molar refractivity (Wildman–Crippen MR) is 62.2 cm³/mol. The van der Waals surface area contributed by atoms with Crippen molar-refractivity contribution in [3.8, 4) is 5.75 Å². The molecule has 0 aliphatic carbocycles. The van der Waals surface area contributed by atoms with Gasteiger partial charge >= 0.3 is 0 Å². The first-order valence-electron chi connectivity index (χ1n) is 5.16. The number of hydrogen-bond acceptors (Lipinski definition) is 4. The van der Waals surface area contributed by atoms with E-state index in [0.29, 0.717) is 17.0 Å². The van der Waals surface area contributed by atoms with Crippen LogP contribution in [0.2, 0.25) is 0 Å². The molecule has 0 bridgehead atoms. The fraction of sp³-hybridized carbons (Fsp3) is 0.250. The molecule has 0 aromatic carbocycles. The molecule has 0 fully saturated rings. The summed E-state index contributed by atoms with van der Waals surface area (Å²) in [7, 11) is 3.23. The molecule has 0 aliphatic rings. The van der Waals surface area contributed by atoms with Crippen LogP contribution >= 0.6 is 0 Å². The summed E-state index contributed by atoms with van der Waals surface area (Å²) in [5, 5.41) is 4.01. The lowest BCUT2D eigenvalue weighted by Gasteiger charge is -2.06. The number of nitrogens with zero attached hydrogens (tertiary/aromatic N) is 3. The van der Waals surface area contributed by atoms with E-state index in [0.717, 1.165) is 5.56 Å². The number of methoxy groups -OCH3 is 1. The van der Waals surface area contributed by atoms with Crippen molar-refractivity contribution in [1.29, 1.82) is 0 Å². The van der Waals surface area contributed by atoms with Crippen LogP contribution in [-0.4, -0.2) is 27.7 Å². The van der Waals surface area contributed by atoms with Crippen molar-refractivity contribution in [3.05, 3.63) is 41.5 Å². The highest BCUT2D eigenvalue weighted by atomic mass is 16.5. The zero-order chi connectivity index (χ0) is 12.4. The van der Waals surface area contributed by atoms with Gasteiger partial charge in [0.2, 0.25) is 5.78 Å². The van der Waals surface area contributed by atoms with Gasteiger partial charge in [0.05, 0.1) is 13.3 Å². The van der Waals surface area contributed by atoms with E-state index in [9.17, 15) is 4.79 Å². The van der Waals surface area contributed by atoms with Gasteiger partial charge in [-0.25, -0.2) is 0 Å². The van der Waals surface area contributed by atoms with Crippen molar-refractivity contribution >= 4 is 5.78 Å². The maximum atomic E-state index is 12.3. The smallest absolute Gasteiger partial charge is 0.216 e. The molecule has 2 aromatic rings. The number of ketones is 1. The number of carbonyl (C=O) groups is 1. The van der Waals surface area contributed by atoms with Crippen LogP contribution in [0.4, 0.5) is 0 Å². The Hall–Kier alpha value is -2.17. The molecule has 17 heavy (non-hydrogen) atoms. The first-order chi connectivity index (χ1) is 8.15. The number of hydrogen-bond donors (Lipinski definition) is 0. The summed E-state index contributed by atoms with van der Waals surface area (Å²) < 4.78 is 6.63. The molecule has 0 radical (unpaired) electrons. The molecule has 2 rings (SSSR count). The minimum absolute atomic E-state index is 0.132. The third-order valence-electron chi connectivity index (χ3n) is 2.62. The summed E-state index contributed by atoms with van der Waals surface area (Å²) in [5.74, 6) is 0.341. The Kier molecular flexibility index (Phi) is 2.91. The van der Waals surface area contributed by atoms with Crippen LogP contribution in [-0.2, 0) is 7.05 Å². The zero-order valence-corrected chi connectivity index (χ0v) is 9.97. The lowest BCUT2D eigenvalue weighted by Crippen LogP contribution is -2.11. The van der Waals surface area contributed by atoms with E-state index in [1.165, 1.54) is 18.0 Å². The highest BCUT2D eigenvalue weighted by Crippen LogP contribution is 2.21. The first-order valence-corrected chi connectivity index (χ1v) is 5.16. The Labute approximate surface area is 99.1 Å². The number of carbonyl (C=O) groups excluding carboxylic acids is 1. The van der Waals surface area contributed by atoms with Gasteiger partial charge in [0.15, 0.2) is 11.4 Å². The number of ether oxygens (including phenoxy) is 1. The molecule has 0 N–H and O–H groups in total. The van der Waals surface area contributed by atoms with Gasteiger partial charge < -0.3 is 4.74 Å². The Morgan fingerprint density at radius 1 is 1.41 bits per heavy atom. The number of aromatic nitrogens is 3. The normalized spacial score (nSPS) is 10.3. The van der Waals surface area contributed by atoms with Crippen LogP contribution < -0.4 is 4.74 Å². The quantitative estimate of drug-likeness (QED) is 0.748. The third-order valence-corrected chi connectivity index (χ3v) is 2.62. The molecule has 2 heterocycles. The standard InChI is InChI=1S/C12H13N3O2/c1-8-4-5-13-6-9(8)12(16)11-10(17-3)7-14-15(11)2/h4-7H,1-3H3. The van der Waals surface area contributed by atoms with Crippen LogP contribution in [0, 0.1) is 6.92 Å². The van der Waals surface area contributed by atoms with Crippen LogP contribution in [0.15, 0.2) is 24.7 Å². The van der Waals surface area contributed by atoms with E-state index in [2.05, 4.69) is 10.1 Å². The SMILES string of the molecule is COc1cnn(C)c1C(=O)c1cnccc1C. The van der Waals surface area contributed by atoms with Crippen molar-refractivity contribution in [2.45, 2.75) is 6.92 Å². The van der Waals surface area contributed by atoms with Crippen LogP contribution in [0.3, 0.4) is 0 Å². The highest BCUT2D eigenvalue weighted by molar-refractivity contribution is 6.10. The first kappa shape index (κ1) is 11.3. The van der Waals surface area contributed by atoms with Gasteiger partial charge in [0, 0.05) is 25.0 Å². The second-order valence-electron chi connectivity index (χ2n) is 3.70. The van der Waals surface area contributed by atoms with Crippen LogP contribution in [0.1, 0.15) is 21.6 Å². The lowest BCUT2D eigenvalue weighted by molar-refractivity contribution is 0.102. The van der Waals surface area contributed by atoms with Crippen molar-refractivity contribution in [2.75, 3.05) is 7.11 Å². The molecule has 5 nitrogen and oxygen atoms in total. The topological polar surface area (TPSA) is 57.0 Å². The summed E-state index contributed by atoms with van der Waals surface area (Å²) in [5.41, 5.74) is 1.88. The predicted octanol–water partition coefficient (Wildman–Crippen LogP) is 1.36. The molecular weight excluding hydrogens is 218 g/mol. The molecule has 0 spiro atoms. The van der Waals surface area contributed by atoms with Crippen molar-refractivity contribution in [2.24, 2.45) is 7.05 Å². The zero-order valence-electron chi connectivity index (χ0n) is 9.97. The summed E-state index contributed by atoms with van der Waals surface area (Å²) in [6, 6.07) is 1.80. The van der Waals surface area contributed by atoms with Crippen molar-refractivity contribution in [1.82, 2.24) is 14.8 Å². The lowest BCUT2D eigenvalue weighted by atomic mass is 10.1. The highest BCUT2D eigenvalue weighted by Gasteiger charge is 2.20.